The molecule has 0 bridgehead atoms. The number of rotatable bonds is 7. The number of aromatic hydroxyl groups is 1. The number of phenols is 1. The van der Waals surface area contributed by atoms with Crippen molar-refractivity contribution < 1.29 is 5.11 Å². The fourth-order valence-corrected chi connectivity index (χ4v) is 4.83. The van der Waals surface area contributed by atoms with Crippen LogP contribution in [0.15, 0.2) is 18.2 Å². The average Bonchev–Trinajstić information content (AvgIpc) is 3.03. The summed E-state index contributed by atoms with van der Waals surface area (Å²) in [6, 6.07) is 7.53. The number of hydrogen-bond donors (Lipinski definition) is 1. The minimum atomic E-state index is -0.456. The van der Waals surface area contributed by atoms with Gasteiger partial charge >= 0.3 is 0 Å². The lowest BCUT2D eigenvalue weighted by atomic mass is 9.96. The first-order valence-electron chi connectivity index (χ1n) is 10.4. The molecule has 4 nitrogen and oxygen atoms in total. The Bertz CT molecular complexity index is 952. The van der Waals surface area contributed by atoms with E-state index in [-0.39, 0.29) is 0 Å². The monoisotopic (exact) mass is 395 g/mol. The summed E-state index contributed by atoms with van der Waals surface area (Å²) in [6.07, 6.45) is 4.57. The maximum absolute atomic E-state index is 11.0. The number of benzene rings is 2. The molecule has 28 heavy (non-hydrogen) atoms. The minimum absolute atomic E-state index is 0.329. The molecule has 1 heterocycles. The summed E-state index contributed by atoms with van der Waals surface area (Å²) in [5.41, 5.74) is 8.21. The zero-order chi connectivity index (χ0) is 20.4. The van der Waals surface area contributed by atoms with E-state index in [1.54, 1.807) is 4.80 Å². The van der Waals surface area contributed by atoms with Gasteiger partial charge in [0.05, 0.1) is 0 Å². The lowest BCUT2D eigenvalue weighted by molar-refractivity contribution is 0.458. The lowest BCUT2D eigenvalue weighted by Gasteiger charge is -2.15. The second kappa shape index (κ2) is 8.48. The van der Waals surface area contributed by atoms with Gasteiger partial charge in [0.15, 0.2) is 0 Å². The van der Waals surface area contributed by atoms with Crippen molar-refractivity contribution in [2.75, 3.05) is 0 Å². The van der Waals surface area contributed by atoms with E-state index in [0.717, 1.165) is 29.4 Å². The van der Waals surface area contributed by atoms with Gasteiger partial charge in [0.1, 0.15) is 22.5 Å². The summed E-state index contributed by atoms with van der Waals surface area (Å²) in [7, 11) is -0.456. The molecule has 0 amide bonds. The smallest absolute Gasteiger partial charge is 0.146 e. The van der Waals surface area contributed by atoms with Crippen LogP contribution in [0.3, 0.4) is 0 Å². The van der Waals surface area contributed by atoms with Crippen LogP contribution in [-0.2, 0) is 6.42 Å². The maximum atomic E-state index is 11.0. The molecule has 1 N–H and O–H groups in total. The van der Waals surface area contributed by atoms with Crippen molar-refractivity contribution in [2.45, 2.75) is 72.5 Å². The number of hydrogen-bond acceptors (Lipinski definition) is 3. The van der Waals surface area contributed by atoms with E-state index in [1.165, 1.54) is 41.1 Å². The highest BCUT2D eigenvalue weighted by Gasteiger charge is 2.17. The van der Waals surface area contributed by atoms with Gasteiger partial charge in [-0.05, 0) is 86.6 Å². The van der Waals surface area contributed by atoms with Gasteiger partial charge in [-0.15, -0.1) is 15.0 Å². The van der Waals surface area contributed by atoms with Crippen LogP contribution in [0.4, 0.5) is 0 Å². The van der Waals surface area contributed by atoms with Crippen molar-refractivity contribution in [1.29, 1.82) is 0 Å². The van der Waals surface area contributed by atoms with Crippen molar-refractivity contribution in [3.05, 3.63) is 46.0 Å². The Balaban J connectivity index is 1.91. The molecule has 0 saturated heterocycles. The van der Waals surface area contributed by atoms with Crippen LogP contribution < -0.4 is 0 Å². The van der Waals surface area contributed by atoms with Crippen molar-refractivity contribution in [2.24, 2.45) is 0 Å². The zero-order valence-electron chi connectivity index (χ0n) is 18.1. The second-order valence-corrected chi connectivity index (χ2v) is 11.9. The van der Waals surface area contributed by atoms with Crippen LogP contribution in [0.25, 0.3) is 16.7 Å². The summed E-state index contributed by atoms with van der Waals surface area (Å²) < 4.78 is 0. The van der Waals surface area contributed by atoms with E-state index in [1.807, 2.05) is 6.07 Å². The van der Waals surface area contributed by atoms with Crippen LogP contribution in [0, 0.1) is 27.7 Å². The fourth-order valence-electron chi connectivity index (χ4n) is 3.72. The molecule has 0 fully saturated rings. The third kappa shape index (κ3) is 4.30. The van der Waals surface area contributed by atoms with Gasteiger partial charge in [0, 0.05) is 8.80 Å². The van der Waals surface area contributed by atoms with Crippen molar-refractivity contribution in [3.63, 3.8) is 0 Å². The molecule has 0 aliphatic heterocycles. The molecule has 0 aliphatic carbocycles. The molecule has 1 aromatic heterocycles. The summed E-state index contributed by atoms with van der Waals surface area (Å²) in [5, 5.41) is 20.3. The molecule has 0 aliphatic rings. The zero-order valence-corrected chi connectivity index (χ0v) is 19.3. The Hall–Kier alpha value is -2.14. The highest BCUT2D eigenvalue weighted by molar-refractivity contribution is 6.55. The molecule has 5 heteroatoms. The van der Waals surface area contributed by atoms with E-state index >= 15 is 0 Å². The largest absolute Gasteiger partial charge is 0.505 e. The Morgan fingerprint density at radius 2 is 1.46 bits per heavy atom. The summed E-state index contributed by atoms with van der Waals surface area (Å²) in [6.45, 7) is 13.2. The number of fused-ring (bicyclic) bond motifs is 1. The lowest BCUT2D eigenvalue weighted by Crippen LogP contribution is -2.04. The predicted octanol–water partition coefficient (Wildman–Crippen LogP) is 5.56. The molecule has 150 valence electrons. The standard InChI is InChI=1S/C23H33N3OSi/c1-15-12-20-21(13-16(15)2)25-26(24-20)22-14-17(3)18(4)19(23(22)27)10-8-7-9-11-28(5)6/h12-14,27-28H,7-11H2,1-6H3. The predicted molar refractivity (Wildman–Crippen MR) is 121 cm³/mol. The Kier molecular flexibility index (Phi) is 6.23. The third-order valence-corrected chi connectivity index (χ3v) is 7.41. The summed E-state index contributed by atoms with van der Waals surface area (Å²) in [5.74, 6) is 0.329. The molecule has 3 aromatic rings. The molecule has 3 rings (SSSR count). The summed E-state index contributed by atoms with van der Waals surface area (Å²) >= 11 is 0. The quantitative estimate of drug-likeness (QED) is 0.421. The van der Waals surface area contributed by atoms with Gasteiger partial charge in [-0.3, -0.25) is 0 Å². The topological polar surface area (TPSA) is 50.9 Å². The van der Waals surface area contributed by atoms with E-state index in [2.05, 4.69) is 63.1 Å². The van der Waals surface area contributed by atoms with Crippen molar-refractivity contribution >= 4 is 19.8 Å². The molecular weight excluding hydrogens is 362 g/mol. The van der Waals surface area contributed by atoms with E-state index in [0.29, 0.717) is 11.4 Å². The SMILES string of the molecule is Cc1cc2nn(-c3cc(C)c(C)c(CCCCC[SiH](C)C)c3O)nc2cc1C. The van der Waals surface area contributed by atoms with Crippen LogP contribution in [0.5, 0.6) is 5.75 Å². The highest BCUT2D eigenvalue weighted by atomic mass is 28.3. The number of nitrogens with zero attached hydrogens (tertiary/aromatic N) is 3. The first-order chi connectivity index (χ1) is 13.3. The molecule has 0 spiro atoms. The highest BCUT2D eigenvalue weighted by Crippen LogP contribution is 2.33. The van der Waals surface area contributed by atoms with E-state index in [9.17, 15) is 5.11 Å². The van der Waals surface area contributed by atoms with Gasteiger partial charge in [-0.25, -0.2) is 0 Å². The second-order valence-electron chi connectivity index (χ2n) is 8.57. The molecule has 0 unspecified atom stereocenters. The molecule has 2 aromatic carbocycles. The minimum Gasteiger partial charge on any atom is -0.505 e. The summed E-state index contributed by atoms with van der Waals surface area (Å²) in [4.78, 5) is 1.60. The van der Waals surface area contributed by atoms with E-state index in [4.69, 9.17) is 0 Å². The number of phenolic OH excluding ortho intramolecular Hbond substituents is 1. The average molecular weight is 396 g/mol. The van der Waals surface area contributed by atoms with Gasteiger partial charge in [0.25, 0.3) is 0 Å². The van der Waals surface area contributed by atoms with Gasteiger partial charge in [0.2, 0.25) is 0 Å². The Morgan fingerprint density at radius 3 is 2.04 bits per heavy atom. The van der Waals surface area contributed by atoms with Gasteiger partial charge in [-0.2, -0.15) is 0 Å². The van der Waals surface area contributed by atoms with Crippen LogP contribution in [0.1, 0.15) is 47.1 Å². The van der Waals surface area contributed by atoms with Crippen molar-refractivity contribution in [3.8, 4) is 11.4 Å². The number of unbranched alkanes of at least 4 members (excludes halogenated alkanes) is 2. The van der Waals surface area contributed by atoms with Crippen LogP contribution in [0.2, 0.25) is 19.1 Å². The Morgan fingerprint density at radius 1 is 0.857 bits per heavy atom. The molecule has 0 radical (unpaired) electrons. The van der Waals surface area contributed by atoms with Gasteiger partial charge in [-0.1, -0.05) is 32.0 Å². The molecule has 0 saturated carbocycles. The first kappa shape index (κ1) is 20.6. The third-order valence-electron chi connectivity index (χ3n) is 5.85. The fraction of sp³-hybridized carbons (Fsp3) is 0.478. The number of aromatic nitrogens is 3. The van der Waals surface area contributed by atoms with Crippen LogP contribution in [-0.4, -0.2) is 28.9 Å². The van der Waals surface area contributed by atoms with Crippen molar-refractivity contribution in [1.82, 2.24) is 15.0 Å². The first-order valence-corrected chi connectivity index (χ1v) is 13.6. The molecule has 0 atom stereocenters. The normalized spacial score (nSPS) is 11.7. The molecular formula is C23H33N3OSi. The van der Waals surface area contributed by atoms with Gasteiger partial charge < -0.3 is 5.11 Å². The van der Waals surface area contributed by atoms with E-state index < -0.39 is 8.80 Å². The Labute approximate surface area is 170 Å². The van der Waals surface area contributed by atoms with Crippen LogP contribution >= 0.6 is 0 Å². The number of aryl methyl sites for hydroxylation is 3. The maximum Gasteiger partial charge on any atom is 0.146 e.